The average molecular weight is 481 g/mol. The SMILES string of the molecule is COc1ccc([C@H]2[C@H]([C@@H]3C=CCn4c(=O)n(-c5ccccc5)c(=O)n43)C(=O)N2c2ccccc2)cc1. The van der Waals surface area contributed by atoms with Gasteiger partial charge in [0, 0.05) is 5.69 Å². The number of fused-ring (bicyclic) bond motifs is 1. The van der Waals surface area contributed by atoms with Crippen LogP contribution in [0.2, 0.25) is 0 Å². The van der Waals surface area contributed by atoms with Gasteiger partial charge < -0.3 is 9.64 Å². The van der Waals surface area contributed by atoms with Crippen molar-refractivity contribution < 1.29 is 9.53 Å². The summed E-state index contributed by atoms with van der Waals surface area (Å²) in [4.78, 5) is 42.3. The van der Waals surface area contributed by atoms with Gasteiger partial charge in [-0.2, -0.15) is 0 Å². The fourth-order valence-electron chi connectivity index (χ4n) is 5.28. The van der Waals surface area contributed by atoms with Crippen molar-refractivity contribution in [3.63, 3.8) is 0 Å². The molecular weight excluding hydrogens is 456 g/mol. The molecule has 1 saturated heterocycles. The number of carbonyl (C=O) groups excluding carboxylic acids is 1. The summed E-state index contributed by atoms with van der Waals surface area (Å²) in [5.41, 5.74) is 1.32. The van der Waals surface area contributed by atoms with Crippen molar-refractivity contribution >= 4 is 11.6 Å². The Bertz CT molecular complexity index is 1570. The number of carbonyl (C=O) groups is 1. The second kappa shape index (κ2) is 8.57. The summed E-state index contributed by atoms with van der Waals surface area (Å²) in [6, 6.07) is 25.0. The van der Waals surface area contributed by atoms with E-state index in [0.717, 1.165) is 17.0 Å². The molecule has 0 radical (unpaired) electrons. The number of hydrogen-bond donors (Lipinski definition) is 0. The summed E-state index contributed by atoms with van der Waals surface area (Å²) in [5.74, 6) is 0.0526. The number of para-hydroxylation sites is 2. The van der Waals surface area contributed by atoms with Crippen LogP contribution in [-0.4, -0.2) is 26.9 Å². The summed E-state index contributed by atoms with van der Waals surface area (Å²) in [7, 11) is 1.61. The molecule has 2 aliphatic heterocycles. The van der Waals surface area contributed by atoms with Crippen LogP contribution in [0.4, 0.5) is 5.69 Å². The third-order valence-electron chi connectivity index (χ3n) is 6.97. The van der Waals surface area contributed by atoms with Crippen molar-refractivity contribution in [1.82, 2.24) is 13.9 Å². The highest BCUT2D eigenvalue weighted by Gasteiger charge is 2.53. The quantitative estimate of drug-likeness (QED) is 0.324. The molecule has 0 saturated carbocycles. The Morgan fingerprint density at radius 2 is 1.42 bits per heavy atom. The van der Waals surface area contributed by atoms with Crippen LogP contribution in [0, 0.1) is 5.92 Å². The zero-order valence-electron chi connectivity index (χ0n) is 19.6. The maximum atomic E-state index is 13.7. The van der Waals surface area contributed by atoms with Crippen molar-refractivity contribution in [2.75, 3.05) is 12.0 Å². The fraction of sp³-hybridized carbons (Fsp3) is 0.179. The Hall–Kier alpha value is -4.59. The van der Waals surface area contributed by atoms with E-state index in [1.165, 1.54) is 13.9 Å². The van der Waals surface area contributed by atoms with Crippen molar-refractivity contribution in [3.8, 4) is 11.4 Å². The topological polar surface area (TPSA) is 78.5 Å². The Kier molecular flexibility index (Phi) is 5.21. The average Bonchev–Trinajstić information content (AvgIpc) is 3.18. The molecule has 0 N–H and O–H groups in total. The van der Waals surface area contributed by atoms with Gasteiger partial charge in [-0.25, -0.2) is 23.5 Å². The van der Waals surface area contributed by atoms with Gasteiger partial charge >= 0.3 is 11.4 Å². The van der Waals surface area contributed by atoms with E-state index in [0.29, 0.717) is 5.69 Å². The lowest BCUT2D eigenvalue weighted by Crippen LogP contribution is -2.59. The van der Waals surface area contributed by atoms with Crippen molar-refractivity contribution in [2.24, 2.45) is 5.92 Å². The number of hydrogen-bond acceptors (Lipinski definition) is 4. The van der Waals surface area contributed by atoms with E-state index in [4.69, 9.17) is 4.74 Å². The third kappa shape index (κ3) is 3.25. The molecule has 0 aliphatic carbocycles. The zero-order chi connectivity index (χ0) is 24.8. The van der Waals surface area contributed by atoms with Gasteiger partial charge in [0.25, 0.3) is 0 Å². The summed E-state index contributed by atoms with van der Waals surface area (Å²) < 4.78 is 9.35. The molecule has 180 valence electrons. The van der Waals surface area contributed by atoms with E-state index < -0.39 is 23.3 Å². The zero-order valence-corrected chi connectivity index (χ0v) is 19.6. The van der Waals surface area contributed by atoms with E-state index >= 15 is 0 Å². The van der Waals surface area contributed by atoms with E-state index in [9.17, 15) is 14.4 Å². The van der Waals surface area contributed by atoms with Crippen molar-refractivity contribution in [1.29, 1.82) is 0 Å². The van der Waals surface area contributed by atoms with Gasteiger partial charge in [0.2, 0.25) is 5.91 Å². The molecule has 3 heterocycles. The van der Waals surface area contributed by atoms with Crippen molar-refractivity contribution in [2.45, 2.75) is 18.6 Å². The van der Waals surface area contributed by atoms with Gasteiger partial charge in [0.05, 0.1) is 37.3 Å². The normalized spacial score (nSPS) is 20.6. The first kappa shape index (κ1) is 21.9. The summed E-state index contributed by atoms with van der Waals surface area (Å²) >= 11 is 0. The first-order valence-electron chi connectivity index (χ1n) is 11.8. The molecule has 2 aliphatic rings. The molecular formula is C28H24N4O4. The lowest BCUT2D eigenvalue weighted by molar-refractivity contribution is -0.132. The maximum absolute atomic E-state index is 13.7. The molecule has 8 heteroatoms. The highest BCUT2D eigenvalue weighted by Crippen LogP contribution is 2.49. The van der Waals surface area contributed by atoms with Gasteiger partial charge in [0.15, 0.2) is 0 Å². The Balaban J connectivity index is 1.48. The second-order valence-corrected chi connectivity index (χ2v) is 8.87. The highest BCUT2D eigenvalue weighted by atomic mass is 16.5. The van der Waals surface area contributed by atoms with E-state index in [2.05, 4.69) is 0 Å². The van der Waals surface area contributed by atoms with Crippen molar-refractivity contribution in [3.05, 3.63) is 124 Å². The first-order valence-corrected chi connectivity index (χ1v) is 11.8. The number of β-lactam (4-membered cyclic amide) rings is 1. The minimum Gasteiger partial charge on any atom is -0.497 e. The highest BCUT2D eigenvalue weighted by molar-refractivity contribution is 6.03. The van der Waals surface area contributed by atoms with Crippen LogP contribution in [0.5, 0.6) is 5.75 Å². The molecule has 0 bridgehead atoms. The predicted octanol–water partition coefficient (Wildman–Crippen LogP) is 3.32. The predicted molar refractivity (Wildman–Crippen MR) is 136 cm³/mol. The number of allylic oxidation sites excluding steroid dienone is 2. The molecule has 1 aromatic heterocycles. The fourth-order valence-corrected chi connectivity index (χ4v) is 5.28. The molecule has 36 heavy (non-hydrogen) atoms. The number of anilines is 1. The van der Waals surface area contributed by atoms with Crippen LogP contribution in [-0.2, 0) is 11.3 Å². The Morgan fingerprint density at radius 1 is 0.778 bits per heavy atom. The maximum Gasteiger partial charge on any atom is 0.352 e. The molecule has 8 nitrogen and oxygen atoms in total. The van der Waals surface area contributed by atoms with Gasteiger partial charge in [-0.05, 0) is 42.0 Å². The van der Waals surface area contributed by atoms with Crippen LogP contribution in [0.25, 0.3) is 5.69 Å². The number of amides is 1. The minimum absolute atomic E-state index is 0.100. The lowest BCUT2D eigenvalue weighted by atomic mass is 9.76. The van der Waals surface area contributed by atoms with Gasteiger partial charge in [-0.1, -0.05) is 60.7 Å². The molecule has 3 aromatic carbocycles. The smallest absolute Gasteiger partial charge is 0.352 e. The second-order valence-electron chi connectivity index (χ2n) is 8.87. The molecule has 1 fully saturated rings. The van der Waals surface area contributed by atoms with Crippen LogP contribution in [0.3, 0.4) is 0 Å². The van der Waals surface area contributed by atoms with Gasteiger partial charge in [-0.3, -0.25) is 4.79 Å². The monoisotopic (exact) mass is 480 g/mol. The van der Waals surface area contributed by atoms with E-state index in [1.807, 2.05) is 72.8 Å². The third-order valence-corrected chi connectivity index (χ3v) is 6.97. The van der Waals surface area contributed by atoms with Gasteiger partial charge in [0.1, 0.15) is 5.75 Å². The largest absolute Gasteiger partial charge is 0.497 e. The van der Waals surface area contributed by atoms with Crippen LogP contribution in [0.15, 0.2) is 107 Å². The number of aromatic nitrogens is 3. The first-order chi connectivity index (χ1) is 17.6. The molecule has 0 unspecified atom stereocenters. The number of ether oxygens (including phenoxy) is 1. The molecule has 0 spiro atoms. The van der Waals surface area contributed by atoms with Crippen LogP contribution in [0.1, 0.15) is 17.6 Å². The van der Waals surface area contributed by atoms with Gasteiger partial charge in [-0.15, -0.1) is 0 Å². The summed E-state index contributed by atoms with van der Waals surface area (Å²) in [6.45, 7) is 0.265. The van der Waals surface area contributed by atoms with Crippen LogP contribution >= 0.6 is 0 Å². The molecule has 3 atom stereocenters. The van der Waals surface area contributed by atoms with Crippen LogP contribution < -0.4 is 21.0 Å². The Labute approximate surface area is 206 Å². The van der Waals surface area contributed by atoms with E-state index in [1.54, 1.807) is 36.3 Å². The summed E-state index contributed by atoms with van der Waals surface area (Å²) in [5, 5.41) is 0. The molecule has 1 amide bonds. The summed E-state index contributed by atoms with van der Waals surface area (Å²) in [6.07, 6.45) is 3.72. The standard InChI is InChI=1S/C28H24N4O4/c1-36-22-16-14-19(15-17-22)25-24(26(33)30(25)20-9-4-2-5-10-20)23-13-8-18-29-27(34)31(28(35)32(23)29)21-11-6-3-7-12-21/h2-17,23-25H,18H2,1H3/t23-,24-,25-/m0/s1. The number of rotatable bonds is 5. The molecule has 6 rings (SSSR count). The number of benzene rings is 3. The minimum atomic E-state index is -0.608. The Morgan fingerprint density at radius 3 is 2.06 bits per heavy atom. The van der Waals surface area contributed by atoms with E-state index in [-0.39, 0.29) is 18.5 Å². The number of methoxy groups -OCH3 is 1. The molecule has 4 aromatic rings. The lowest BCUT2D eigenvalue weighted by Gasteiger charge is -2.50. The number of nitrogens with zero attached hydrogens (tertiary/aromatic N) is 4.